The van der Waals surface area contributed by atoms with E-state index in [1.54, 1.807) is 13.2 Å². The Morgan fingerprint density at radius 2 is 2.33 bits per heavy atom. The summed E-state index contributed by atoms with van der Waals surface area (Å²) in [5.74, 6) is 0.335. The lowest BCUT2D eigenvalue weighted by Crippen LogP contribution is -2.02. The molecule has 2 heterocycles. The first-order valence-electron chi connectivity index (χ1n) is 3.45. The van der Waals surface area contributed by atoms with Crippen LogP contribution < -0.4 is 11.1 Å². The number of hydrogen-bond donors (Lipinski definition) is 2. The fourth-order valence-corrected chi connectivity index (χ4v) is 1.01. The highest BCUT2D eigenvalue weighted by atomic mass is 15.3. The van der Waals surface area contributed by atoms with Crippen LogP contribution in [0.25, 0.3) is 5.65 Å². The van der Waals surface area contributed by atoms with E-state index >= 15 is 0 Å². The molecule has 0 aromatic carbocycles. The zero-order valence-corrected chi connectivity index (χ0v) is 6.52. The van der Waals surface area contributed by atoms with E-state index in [0.29, 0.717) is 11.6 Å². The first kappa shape index (κ1) is 6.84. The van der Waals surface area contributed by atoms with Gasteiger partial charge in [0.1, 0.15) is 6.33 Å². The second-order valence-electron chi connectivity index (χ2n) is 2.28. The van der Waals surface area contributed by atoms with Crippen molar-refractivity contribution in [2.45, 2.75) is 0 Å². The lowest BCUT2D eigenvalue weighted by molar-refractivity contribution is 0.909. The summed E-state index contributed by atoms with van der Waals surface area (Å²) in [6, 6.07) is 0. The molecule has 0 aliphatic carbocycles. The number of hydrogen-bond acceptors (Lipinski definition) is 5. The van der Waals surface area contributed by atoms with E-state index in [9.17, 15) is 0 Å². The summed E-state index contributed by atoms with van der Waals surface area (Å²) >= 11 is 0. The van der Waals surface area contributed by atoms with Gasteiger partial charge >= 0.3 is 0 Å². The molecule has 6 heteroatoms. The fourth-order valence-electron chi connectivity index (χ4n) is 1.01. The van der Waals surface area contributed by atoms with Crippen LogP contribution in [-0.2, 0) is 0 Å². The van der Waals surface area contributed by atoms with Gasteiger partial charge in [0.2, 0.25) is 5.95 Å². The van der Waals surface area contributed by atoms with E-state index in [4.69, 9.17) is 5.73 Å². The van der Waals surface area contributed by atoms with Gasteiger partial charge in [0, 0.05) is 7.05 Å². The quantitative estimate of drug-likeness (QED) is 0.607. The Bertz CT molecular complexity index is 405. The van der Waals surface area contributed by atoms with Gasteiger partial charge < -0.3 is 11.1 Å². The van der Waals surface area contributed by atoms with Gasteiger partial charge in [-0.3, -0.25) is 0 Å². The van der Waals surface area contributed by atoms with E-state index in [0.717, 1.165) is 5.69 Å². The lowest BCUT2D eigenvalue weighted by atomic mass is 10.5. The summed E-state index contributed by atoms with van der Waals surface area (Å²) in [7, 11) is 1.80. The lowest BCUT2D eigenvalue weighted by Gasteiger charge is -1.96. The molecule has 0 saturated carbocycles. The number of nitrogens with zero attached hydrogens (tertiary/aromatic N) is 4. The standard InChI is InChI=1S/C6H8N6/c1-8-4-2-11-12-5(4)9-3-10-6(12)7/h2-3,8H,1H3,(H2,7,9,10). The number of aromatic nitrogens is 4. The van der Waals surface area contributed by atoms with Gasteiger partial charge in [0.05, 0.1) is 11.9 Å². The van der Waals surface area contributed by atoms with Crippen molar-refractivity contribution in [2.75, 3.05) is 18.1 Å². The first-order chi connectivity index (χ1) is 5.83. The van der Waals surface area contributed by atoms with Gasteiger partial charge in [-0.2, -0.15) is 9.61 Å². The van der Waals surface area contributed by atoms with Gasteiger partial charge in [-0.05, 0) is 0 Å². The molecule has 0 fully saturated rings. The molecule has 6 nitrogen and oxygen atoms in total. The number of anilines is 2. The van der Waals surface area contributed by atoms with Crippen LogP contribution in [0.4, 0.5) is 11.6 Å². The van der Waals surface area contributed by atoms with Crippen molar-refractivity contribution in [3.05, 3.63) is 12.5 Å². The fraction of sp³-hybridized carbons (Fsp3) is 0.167. The maximum atomic E-state index is 5.55. The van der Waals surface area contributed by atoms with Crippen molar-refractivity contribution in [2.24, 2.45) is 0 Å². The molecule has 0 atom stereocenters. The minimum Gasteiger partial charge on any atom is -0.384 e. The van der Waals surface area contributed by atoms with Crippen LogP contribution in [0.1, 0.15) is 0 Å². The smallest absolute Gasteiger partial charge is 0.224 e. The van der Waals surface area contributed by atoms with E-state index in [1.807, 2.05) is 0 Å². The third kappa shape index (κ3) is 0.777. The van der Waals surface area contributed by atoms with E-state index in [-0.39, 0.29) is 0 Å². The van der Waals surface area contributed by atoms with Gasteiger partial charge in [-0.15, -0.1) is 0 Å². The molecular weight excluding hydrogens is 156 g/mol. The molecule has 0 amide bonds. The molecular formula is C6H8N6. The number of fused-ring (bicyclic) bond motifs is 1. The topological polar surface area (TPSA) is 81.1 Å². The highest BCUT2D eigenvalue weighted by Crippen LogP contribution is 2.13. The van der Waals surface area contributed by atoms with Crippen molar-refractivity contribution in [1.29, 1.82) is 0 Å². The van der Waals surface area contributed by atoms with Crippen molar-refractivity contribution in [3.63, 3.8) is 0 Å². The van der Waals surface area contributed by atoms with Crippen molar-refractivity contribution >= 4 is 17.3 Å². The molecule has 0 unspecified atom stereocenters. The third-order valence-corrected chi connectivity index (χ3v) is 1.60. The molecule has 0 bridgehead atoms. The predicted molar refractivity (Wildman–Crippen MR) is 44.7 cm³/mol. The number of rotatable bonds is 1. The molecule has 2 aromatic rings. The maximum absolute atomic E-state index is 5.55. The Hall–Kier alpha value is -1.85. The van der Waals surface area contributed by atoms with Gasteiger partial charge in [0.15, 0.2) is 5.65 Å². The summed E-state index contributed by atoms with van der Waals surface area (Å²) in [5, 5.41) is 6.94. The second kappa shape index (κ2) is 2.33. The van der Waals surface area contributed by atoms with Crippen molar-refractivity contribution in [1.82, 2.24) is 19.6 Å². The molecule has 62 valence electrons. The summed E-state index contributed by atoms with van der Waals surface area (Å²) in [6.07, 6.45) is 3.06. The molecule has 2 rings (SSSR count). The molecule has 12 heavy (non-hydrogen) atoms. The average molecular weight is 164 g/mol. The summed E-state index contributed by atoms with van der Waals surface area (Å²) in [6.45, 7) is 0. The van der Waals surface area contributed by atoms with Gasteiger partial charge in [0.25, 0.3) is 0 Å². The molecule has 0 aliphatic rings. The monoisotopic (exact) mass is 164 g/mol. The Labute approximate surface area is 68.4 Å². The summed E-state index contributed by atoms with van der Waals surface area (Å²) in [4.78, 5) is 7.81. The normalized spacial score (nSPS) is 10.4. The summed E-state index contributed by atoms with van der Waals surface area (Å²) < 4.78 is 1.48. The molecule has 0 spiro atoms. The third-order valence-electron chi connectivity index (χ3n) is 1.60. The molecule has 0 radical (unpaired) electrons. The Morgan fingerprint density at radius 3 is 3.08 bits per heavy atom. The van der Waals surface area contributed by atoms with E-state index in [2.05, 4.69) is 20.4 Å². The zero-order chi connectivity index (χ0) is 8.55. The molecule has 0 aliphatic heterocycles. The van der Waals surface area contributed by atoms with Crippen LogP contribution in [0.15, 0.2) is 12.5 Å². The molecule has 3 N–H and O–H groups in total. The Balaban J connectivity index is 2.80. The van der Waals surface area contributed by atoms with Crippen LogP contribution in [0.2, 0.25) is 0 Å². The van der Waals surface area contributed by atoms with Crippen molar-refractivity contribution < 1.29 is 0 Å². The van der Waals surface area contributed by atoms with Crippen LogP contribution in [0.3, 0.4) is 0 Å². The van der Waals surface area contributed by atoms with Gasteiger partial charge in [-0.1, -0.05) is 0 Å². The average Bonchev–Trinajstić information content (AvgIpc) is 2.49. The summed E-state index contributed by atoms with van der Waals surface area (Å²) in [5.41, 5.74) is 7.07. The second-order valence-corrected chi connectivity index (χ2v) is 2.28. The number of nitrogen functional groups attached to an aromatic ring is 1. The van der Waals surface area contributed by atoms with Crippen LogP contribution in [-0.4, -0.2) is 26.6 Å². The number of nitrogens with one attached hydrogen (secondary N) is 1. The molecule has 0 saturated heterocycles. The highest BCUT2D eigenvalue weighted by molar-refractivity contribution is 5.66. The van der Waals surface area contributed by atoms with E-state index < -0.39 is 0 Å². The highest BCUT2D eigenvalue weighted by Gasteiger charge is 2.04. The first-order valence-corrected chi connectivity index (χ1v) is 3.45. The van der Waals surface area contributed by atoms with Crippen LogP contribution >= 0.6 is 0 Å². The maximum Gasteiger partial charge on any atom is 0.224 e. The van der Waals surface area contributed by atoms with Crippen LogP contribution in [0.5, 0.6) is 0 Å². The zero-order valence-electron chi connectivity index (χ0n) is 6.52. The Kier molecular flexibility index (Phi) is 1.33. The predicted octanol–water partition coefficient (Wildman–Crippen LogP) is -0.252. The van der Waals surface area contributed by atoms with Crippen LogP contribution in [0, 0.1) is 0 Å². The SMILES string of the molecule is CNc1cnn2c(N)ncnc12. The van der Waals surface area contributed by atoms with E-state index in [1.165, 1.54) is 10.8 Å². The number of nitrogens with two attached hydrogens (primary N) is 1. The minimum absolute atomic E-state index is 0.335. The largest absolute Gasteiger partial charge is 0.384 e. The molecule has 2 aromatic heterocycles. The van der Waals surface area contributed by atoms with Crippen molar-refractivity contribution in [3.8, 4) is 0 Å². The van der Waals surface area contributed by atoms with Gasteiger partial charge in [-0.25, -0.2) is 9.97 Å². The Morgan fingerprint density at radius 1 is 1.50 bits per heavy atom. The minimum atomic E-state index is 0.335.